The summed E-state index contributed by atoms with van der Waals surface area (Å²) in [5.74, 6) is -3.31. The third-order valence-electron chi connectivity index (χ3n) is 5.05. The second-order valence-electron chi connectivity index (χ2n) is 7.93. The quantitative estimate of drug-likeness (QED) is 0.298. The first kappa shape index (κ1) is 29.1. The van der Waals surface area contributed by atoms with Gasteiger partial charge in [-0.05, 0) is 25.0 Å². The van der Waals surface area contributed by atoms with Gasteiger partial charge in [0.1, 0.15) is 38.6 Å². The highest BCUT2D eigenvalue weighted by Crippen LogP contribution is 2.13. The van der Waals surface area contributed by atoms with Gasteiger partial charge in [-0.25, -0.2) is 9.59 Å². The first-order valence-electron chi connectivity index (χ1n) is 11.2. The minimum absolute atomic E-state index is 0.103. The van der Waals surface area contributed by atoms with Crippen LogP contribution in [-0.2, 0) is 28.5 Å². The maximum atomic E-state index is 12.4. The highest BCUT2D eigenvalue weighted by atomic mass is 16.6. The molecule has 0 radical (unpaired) electrons. The van der Waals surface area contributed by atoms with Crippen LogP contribution in [0.2, 0.25) is 0 Å². The zero-order valence-electron chi connectivity index (χ0n) is 20.0. The van der Waals surface area contributed by atoms with Gasteiger partial charge in [0, 0.05) is 0 Å². The second-order valence-corrected chi connectivity index (χ2v) is 7.93. The first-order valence-corrected chi connectivity index (χ1v) is 11.2. The molecule has 10 nitrogen and oxygen atoms in total. The van der Waals surface area contributed by atoms with Crippen LogP contribution in [0.1, 0.15) is 61.3 Å². The highest BCUT2D eigenvalue weighted by Gasteiger charge is 2.22. The SMILES string of the molecule is CCC(C)C(=O)OCC(O)COC(=O)c1ccccc1C(=O)OCC(O)COC(=O)C(C)CC. The summed E-state index contributed by atoms with van der Waals surface area (Å²) in [6.45, 7) is 5.49. The summed E-state index contributed by atoms with van der Waals surface area (Å²) in [4.78, 5) is 48.1. The van der Waals surface area contributed by atoms with Crippen LogP contribution in [0.3, 0.4) is 0 Å². The number of aliphatic hydroxyl groups is 2. The summed E-state index contributed by atoms with van der Waals surface area (Å²) < 4.78 is 20.0. The molecule has 34 heavy (non-hydrogen) atoms. The fourth-order valence-corrected chi connectivity index (χ4v) is 2.41. The topological polar surface area (TPSA) is 146 Å². The molecule has 0 bridgehead atoms. The number of benzene rings is 1. The van der Waals surface area contributed by atoms with Crippen molar-refractivity contribution in [1.29, 1.82) is 0 Å². The van der Waals surface area contributed by atoms with Crippen molar-refractivity contribution in [2.45, 2.75) is 52.7 Å². The van der Waals surface area contributed by atoms with E-state index in [0.717, 1.165) is 0 Å². The zero-order chi connectivity index (χ0) is 25.7. The van der Waals surface area contributed by atoms with Crippen LogP contribution in [-0.4, -0.2) is 72.7 Å². The number of esters is 4. The lowest BCUT2D eigenvalue weighted by atomic mass is 10.1. The summed E-state index contributed by atoms with van der Waals surface area (Å²) in [5.41, 5.74) is -0.206. The van der Waals surface area contributed by atoms with Crippen LogP contribution in [0.25, 0.3) is 0 Å². The van der Waals surface area contributed by atoms with Crippen molar-refractivity contribution in [3.8, 4) is 0 Å². The summed E-state index contributed by atoms with van der Waals surface area (Å²) in [6, 6.07) is 5.72. The largest absolute Gasteiger partial charge is 0.463 e. The average molecular weight is 483 g/mol. The molecule has 0 aliphatic carbocycles. The Labute approximate surface area is 199 Å². The van der Waals surface area contributed by atoms with Crippen molar-refractivity contribution in [3.05, 3.63) is 35.4 Å². The monoisotopic (exact) mass is 482 g/mol. The van der Waals surface area contributed by atoms with Crippen LogP contribution in [0.15, 0.2) is 24.3 Å². The number of hydrogen-bond donors (Lipinski definition) is 2. The lowest BCUT2D eigenvalue weighted by Crippen LogP contribution is -2.28. The van der Waals surface area contributed by atoms with Gasteiger partial charge in [-0.2, -0.15) is 0 Å². The molecule has 0 spiro atoms. The van der Waals surface area contributed by atoms with Crippen molar-refractivity contribution in [1.82, 2.24) is 0 Å². The molecular weight excluding hydrogens is 448 g/mol. The minimum Gasteiger partial charge on any atom is -0.463 e. The first-order chi connectivity index (χ1) is 16.1. The summed E-state index contributed by atoms with van der Waals surface area (Å²) >= 11 is 0. The summed E-state index contributed by atoms with van der Waals surface area (Å²) in [7, 11) is 0. The number of aliphatic hydroxyl groups excluding tert-OH is 2. The minimum atomic E-state index is -1.23. The van der Waals surface area contributed by atoms with Crippen LogP contribution >= 0.6 is 0 Å². The van der Waals surface area contributed by atoms with Crippen molar-refractivity contribution in [2.75, 3.05) is 26.4 Å². The van der Waals surface area contributed by atoms with Gasteiger partial charge in [0.2, 0.25) is 0 Å². The number of rotatable bonds is 14. The standard InChI is InChI=1S/C24H34O10/c1-5-15(3)21(27)31-11-17(25)13-33-23(29)19-9-7-8-10-20(19)24(30)34-14-18(26)12-32-22(28)16(4)6-2/h7-10,15-18,25-26H,5-6,11-14H2,1-4H3. The molecule has 0 aliphatic rings. The fraction of sp³-hybridized carbons (Fsp3) is 0.583. The molecular formula is C24H34O10. The number of ether oxygens (including phenoxy) is 4. The molecule has 4 unspecified atom stereocenters. The number of hydrogen-bond acceptors (Lipinski definition) is 10. The molecule has 2 N–H and O–H groups in total. The second kappa shape index (κ2) is 15.0. The van der Waals surface area contributed by atoms with Gasteiger partial charge in [-0.1, -0.05) is 39.8 Å². The van der Waals surface area contributed by atoms with Crippen LogP contribution < -0.4 is 0 Å². The van der Waals surface area contributed by atoms with Gasteiger partial charge in [-0.15, -0.1) is 0 Å². The van der Waals surface area contributed by atoms with E-state index in [1.165, 1.54) is 24.3 Å². The molecule has 0 saturated heterocycles. The molecule has 190 valence electrons. The maximum Gasteiger partial charge on any atom is 0.339 e. The van der Waals surface area contributed by atoms with E-state index in [2.05, 4.69) is 0 Å². The smallest absolute Gasteiger partial charge is 0.339 e. The van der Waals surface area contributed by atoms with Gasteiger partial charge >= 0.3 is 23.9 Å². The van der Waals surface area contributed by atoms with E-state index in [1.54, 1.807) is 13.8 Å². The third kappa shape index (κ3) is 9.88. The Morgan fingerprint density at radius 2 is 1.00 bits per heavy atom. The van der Waals surface area contributed by atoms with E-state index in [4.69, 9.17) is 18.9 Å². The molecule has 4 atom stereocenters. The predicted molar refractivity (Wildman–Crippen MR) is 120 cm³/mol. The van der Waals surface area contributed by atoms with Crippen LogP contribution in [0, 0.1) is 11.8 Å². The molecule has 10 heteroatoms. The van der Waals surface area contributed by atoms with Crippen molar-refractivity contribution in [2.24, 2.45) is 11.8 Å². The molecule has 1 rings (SSSR count). The zero-order valence-corrected chi connectivity index (χ0v) is 20.0. The highest BCUT2D eigenvalue weighted by molar-refractivity contribution is 6.03. The summed E-state index contributed by atoms with van der Waals surface area (Å²) in [5, 5.41) is 19.8. The lowest BCUT2D eigenvalue weighted by molar-refractivity contribution is -0.152. The van der Waals surface area contributed by atoms with Crippen molar-refractivity contribution in [3.63, 3.8) is 0 Å². The normalized spacial score (nSPS) is 14.3. The fourth-order valence-electron chi connectivity index (χ4n) is 2.41. The summed E-state index contributed by atoms with van der Waals surface area (Å²) in [6.07, 6.45) is -1.28. The Balaban J connectivity index is 2.57. The number of carbonyl (C=O) groups excluding carboxylic acids is 4. The van der Waals surface area contributed by atoms with Crippen molar-refractivity contribution < 1.29 is 48.3 Å². The van der Waals surface area contributed by atoms with Crippen molar-refractivity contribution >= 4 is 23.9 Å². The Morgan fingerprint density at radius 3 is 1.32 bits per heavy atom. The molecule has 0 amide bonds. The lowest BCUT2D eigenvalue weighted by Gasteiger charge is -2.15. The number of carbonyl (C=O) groups is 4. The Bertz CT molecular complexity index is 755. The molecule has 1 aromatic carbocycles. The van der Waals surface area contributed by atoms with Crippen LogP contribution in [0.5, 0.6) is 0 Å². The van der Waals surface area contributed by atoms with E-state index in [1.807, 2.05) is 13.8 Å². The third-order valence-corrected chi connectivity index (χ3v) is 5.05. The molecule has 0 heterocycles. The van der Waals surface area contributed by atoms with E-state index in [0.29, 0.717) is 12.8 Å². The van der Waals surface area contributed by atoms with Gasteiger partial charge in [-0.3, -0.25) is 9.59 Å². The Morgan fingerprint density at radius 1 is 0.676 bits per heavy atom. The van der Waals surface area contributed by atoms with E-state index < -0.39 is 49.3 Å². The maximum absolute atomic E-state index is 12.4. The van der Waals surface area contributed by atoms with Crippen LogP contribution in [0.4, 0.5) is 0 Å². The van der Waals surface area contributed by atoms with Gasteiger partial charge in [0.25, 0.3) is 0 Å². The molecule has 1 aromatic rings. The molecule has 0 saturated carbocycles. The van der Waals surface area contributed by atoms with E-state index >= 15 is 0 Å². The average Bonchev–Trinajstić information content (AvgIpc) is 2.86. The molecule has 0 fully saturated rings. The van der Waals surface area contributed by atoms with Gasteiger partial charge in [0.05, 0.1) is 23.0 Å². The Kier molecular flexibility index (Phi) is 12.8. The Hall–Kier alpha value is -2.98. The van der Waals surface area contributed by atoms with E-state index in [-0.39, 0.29) is 36.2 Å². The van der Waals surface area contributed by atoms with Gasteiger partial charge < -0.3 is 29.2 Å². The van der Waals surface area contributed by atoms with Gasteiger partial charge in [0.15, 0.2) is 0 Å². The predicted octanol–water partition coefficient (Wildman–Crippen LogP) is 1.90. The molecule has 0 aliphatic heterocycles. The molecule has 0 aromatic heterocycles. The van der Waals surface area contributed by atoms with E-state index in [9.17, 15) is 29.4 Å².